The van der Waals surface area contributed by atoms with E-state index in [0.717, 1.165) is 36.9 Å². The predicted octanol–water partition coefficient (Wildman–Crippen LogP) is 5.92. The summed E-state index contributed by atoms with van der Waals surface area (Å²) in [6, 6.07) is 6.24. The quantitative estimate of drug-likeness (QED) is 0.485. The van der Waals surface area contributed by atoms with Gasteiger partial charge in [-0.1, -0.05) is 13.8 Å². The molecule has 0 atom stereocenters. The van der Waals surface area contributed by atoms with E-state index in [4.69, 9.17) is 5.10 Å². The third kappa shape index (κ3) is 3.95. The Morgan fingerprint density at radius 1 is 1.16 bits per heavy atom. The fourth-order valence-electron chi connectivity index (χ4n) is 4.33. The minimum atomic E-state index is -4.75. The van der Waals surface area contributed by atoms with E-state index >= 15 is 0 Å². The number of nitrogens with zero attached hydrogens (tertiary/aromatic N) is 3. The number of aryl methyl sites for hydroxylation is 2. The fraction of sp³-hybridized carbons (Fsp3) is 0.478. The molecular formula is C23H26F3N3O2. The van der Waals surface area contributed by atoms with Crippen molar-refractivity contribution in [3.8, 4) is 17.1 Å². The average Bonchev–Trinajstić information content (AvgIpc) is 3.46. The van der Waals surface area contributed by atoms with Crippen molar-refractivity contribution in [3.05, 3.63) is 51.4 Å². The SMILES string of the molecule is CCC(CC)c1cc(C)n2nc(-c3ccc(OC(F)(F)F)cc3C)n(C3CC3)c(=O)c12. The molecule has 0 spiro atoms. The van der Waals surface area contributed by atoms with Gasteiger partial charge in [0.15, 0.2) is 5.82 Å². The monoisotopic (exact) mass is 433 g/mol. The first-order chi connectivity index (χ1) is 14.6. The van der Waals surface area contributed by atoms with Crippen LogP contribution in [0.5, 0.6) is 5.75 Å². The van der Waals surface area contributed by atoms with Crippen LogP contribution in [0.4, 0.5) is 13.2 Å². The molecule has 0 unspecified atom stereocenters. The third-order valence-electron chi connectivity index (χ3n) is 6.04. The Morgan fingerprint density at radius 2 is 1.84 bits per heavy atom. The van der Waals surface area contributed by atoms with Gasteiger partial charge < -0.3 is 4.74 Å². The molecule has 5 nitrogen and oxygen atoms in total. The second-order valence-electron chi connectivity index (χ2n) is 8.27. The zero-order valence-electron chi connectivity index (χ0n) is 18.1. The standard InChI is InChI=1S/C23H26F3N3O2/c1-5-15(6-2)19-12-14(4)29-20(19)22(30)28(16-7-8-16)21(27-29)18-10-9-17(11-13(18)3)31-23(24,25)26/h9-12,15-16H,5-8H2,1-4H3. The fourth-order valence-corrected chi connectivity index (χ4v) is 4.33. The smallest absolute Gasteiger partial charge is 0.406 e. The van der Waals surface area contributed by atoms with E-state index < -0.39 is 6.36 Å². The maximum Gasteiger partial charge on any atom is 0.573 e. The highest BCUT2D eigenvalue weighted by Gasteiger charge is 2.33. The molecule has 2 heterocycles. The number of hydrogen-bond acceptors (Lipinski definition) is 3. The summed E-state index contributed by atoms with van der Waals surface area (Å²) < 4.78 is 45.2. The van der Waals surface area contributed by atoms with Crippen LogP contribution in [-0.2, 0) is 0 Å². The molecule has 1 fully saturated rings. The summed E-state index contributed by atoms with van der Waals surface area (Å²) >= 11 is 0. The molecule has 1 aliphatic carbocycles. The minimum absolute atomic E-state index is 0.0651. The first-order valence-electron chi connectivity index (χ1n) is 10.7. The van der Waals surface area contributed by atoms with Crippen LogP contribution in [-0.4, -0.2) is 20.5 Å². The maximum atomic E-state index is 13.7. The molecule has 8 heteroatoms. The van der Waals surface area contributed by atoms with Gasteiger partial charge >= 0.3 is 6.36 Å². The van der Waals surface area contributed by atoms with Crippen molar-refractivity contribution in [2.45, 2.75) is 71.7 Å². The lowest BCUT2D eigenvalue weighted by Crippen LogP contribution is -2.26. The lowest BCUT2D eigenvalue weighted by Gasteiger charge is -2.17. The summed E-state index contributed by atoms with van der Waals surface area (Å²) in [6.07, 6.45) is -1.12. The van der Waals surface area contributed by atoms with E-state index in [9.17, 15) is 18.0 Å². The van der Waals surface area contributed by atoms with E-state index in [2.05, 4.69) is 18.6 Å². The van der Waals surface area contributed by atoms with Crippen LogP contribution in [0.25, 0.3) is 16.9 Å². The molecule has 1 saturated carbocycles. The second-order valence-corrected chi connectivity index (χ2v) is 8.27. The molecule has 0 saturated heterocycles. The summed E-state index contributed by atoms with van der Waals surface area (Å²) in [5.41, 5.74) is 3.60. The number of halogens is 3. The van der Waals surface area contributed by atoms with E-state index in [0.29, 0.717) is 22.5 Å². The second kappa shape index (κ2) is 7.73. The van der Waals surface area contributed by atoms with Gasteiger partial charge in [-0.2, -0.15) is 0 Å². The van der Waals surface area contributed by atoms with E-state index in [1.54, 1.807) is 22.1 Å². The number of fused-ring (bicyclic) bond motifs is 1. The van der Waals surface area contributed by atoms with Gasteiger partial charge in [0.2, 0.25) is 0 Å². The molecule has 0 radical (unpaired) electrons. The van der Waals surface area contributed by atoms with Crippen molar-refractivity contribution in [2.24, 2.45) is 0 Å². The summed E-state index contributed by atoms with van der Waals surface area (Å²) in [4.78, 5) is 13.7. The molecule has 1 aliphatic rings. The Morgan fingerprint density at radius 3 is 2.39 bits per heavy atom. The van der Waals surface area contributed by atoms with Crippen molar-refractivity contribution in [1.82, 2.24) is 14.2 Å². The van der Waals surface area contributed by atoms with Crippen molar-refractivity contribution in [2.75, 3.05) is 0 Å². The first kappa shape index (κ1) is 21.5. The Labute approximate surface area is 178 Å². The zero-order valence-corrected chi connectivity index (χ0v) is 18.1. The summed E-state index contributed by atoms with van der Waals surface area (Å²) in [6.45, 7) is 7.85. The molecule has 2 aromatic heterocycles. The topological polar surface area (TPSA) is 48.5 Å². The molecule has 31 heavy (non-hydrogen) atoms. The largest absolute Gasteiger partial charge is 0.573 e. The van der Waals surface area contributed by atoms with Crippen molar-refractivity contribution < 1.29 is 17.9 Å². The first-order valence-corrected chi connectivity index (χ1v) is 10.7. The van der Waals surface area contributed by atoms with Crippen LogP contribution in [0.3, 0.4) is 0 Å². The number of rotatable bonds is 6. The van der Waals surface area contributed by atoms with Crippen molar-refractivity contribution >= 4 is 5.52 Å². The highest BCUT2D eigenvalue weighted by molar-refractivity contribution is 5.65. The van der Waals surface area contributed by atoms with Crippen LogP contribution < -0.4 is 10.3 Å². The molecule has 1 aromatic carbocycles. The molecular weight excluding hydrogens is 407 g/mol. The summed E-state index contributed by atoms with van der Waals surface area (Å²) in [5, 5.41) is 4.82. The molecule has 0 aliphatic heterocycles. The number of hydrogen-bond donors (Lipinski definition) is 0. The lowest BCUT2D eigenvalue weighted by atomic mass is 9.95. The van der Waals surface area contributed by atoms with Crippen LogP contribution in [0.2, 0.25) is 0 Å². The van der Waals surface area contributed by atoms with Gasteiger partial charge in [-0.15, -0.1) is 18.3 Å². The maximum absolute atomic E-state index is 13.7. The molecule has 166 valence electrons. The highest BCUT2D eigenvalue weighted by Crippen LogP contribution is 2.39. The Balaban J connectivity index is 1.93. The normalized spacial score (nSPS) is 14.6. The van der Waals surface area contributed by atoms with E-state index in [-0.39, 0.29) is 23.3 Å². The zero-order chi connectivity index (χ0) is 22.5. The van der Waals surface area contributed by atoms with E-state index in [1.165, 1.54) is 12.1 Å². The van der Waals surface area contributed by atoms with Gasteiger partial charge in [-0.05, 0) is 80.8 Å². The summed E-state index contributed by atoms with van der Waals surface area (Å²) in [5.74, 6) is 0.464. The molecule has 0 amide bonds. The Kier molecular flexibility index (Phi) is 5.35. The molecule has 3 aromatic rings. The van der Waals surface area contributed by atoms with Crippen molar-refractivity contribution in [1.29, 1.82) is 0 Å². The van der Waals surface area contributed by atoms with Gasteiger partial charge in [0, 0.05) is 17.3 Å². The van der Waals surface area contributed by atoms with Gasteiger partial charge in [-0.25, -0.2) is 4.52 Å². The Hall–Kier alpha value is -2.77. The number of alkyl halides is 3. The lowest BCUT2D eigenvalue weighted by molar-refractivity contribution is -0.274. The van der Waals surface area contributed by atoms with E-state index in [1.807, 2.05) is 13.0 Å². The number of aromatic nitrogens is 3. The number of benzene rings is 1. The number of ether oxygens (including phenoxy) is 1. The van der Waals surface area contributed by atoms with Gasteiger partial charge in [-0.3, -0.25) is 9.36 Å². The Bertz CT molecular complexity index is 1190. The average molecular weight is 433 g/mol. The molecule has 0 bridgehead atoms. The summed E-state index contributed by atoms with van der Waals surface area (Å²) in [7, 11) is 0. The highest BCUT2D eigenvalue weighted by atomic mass is 19.4. The van der Waals surface area contributed by atoms with Gasteiger partial charge in [0.25, 0.3) is 5.56 Å². The molecule has 4 rings (SSSR count). The molecule has 0 N–H and O–H groups in total. The van der Waals surface area contributed by atoms with Gasteiger partial charge in [0.05, 0.1) is 0 Å². The van der Waals surface area contributed by atoms with Crippen molar-refractivity contribution in [3.63, 3.8) is 0 Å². The third-order valence-corrected chi connectivity index (χ3v) is 6.04. The minimum Gasteiger partial charge on any atom is -0.406 e. The predicted molar refractivity (Wildman–Crippen MR) is 113 cm³/mol. The van der Waals surface area contributed by atoms with Crippen LogP contribution in [0.15, 0.2) is 29.1 Å². The van der Waals surface area contributed by atoms with Gasteiger partial charge in [0.1, 0.15) is 11.3 Å². The van der Waals surface area contributed by atoms with Crippen LogP contribution in [0.1, 0.15) is 68.3 Å². The van der Waals surface area contributed by atoms with Crippen LogP contribution in [0, 0.1) is 13.8 Å². The van der Waals surface area contributed by atoms with Crippen LogP contribution >= 0.6 is 0 Å².